The van der Waals surface area contributed by atoms with E-state index in [1.54, 1.807) is 17.8 Å². The van der Waals surface area contributed by atoms with Gasteiger partial charge in [-0.15, -0.1) is 0 Å². The van der Waals surface area contributed by atoms with Crippen LogP contribution in [0.3, 0.4) is 0 Å². The molecule has 0 radical (unpaired) electrons. The second-order valence-electron chi connectivity index (χ2n) is 4.37. The van der Waals surface area contributed by atoms with Crippen molar-refractivity contribution >= 4 is 12.2 Å². The molecule has 92 valence electrons. The highest BCUT2D eigenvalue weighted by atomic mass is 32.1. The maximum Gasteiger partial charge on any atom is 0.138 e. The van der Waals surface area contributed by atoms with Gasteiger partial charge in [0, 0.05) is 20.2 Å². The van der Waals surface area contributed by atoms with Crippen molar-refractivity contribution in [1.29, 1.82) is 5.26 Å². The van der Waals surface area contributed by atoms with Gasteiger partial charge in [0.1, 0.15) is 22.1 Å². The Hall–Kier alpha value is -1.93. The van der Waals surface area contributed by atoms with Crippen LogP contribution in [0.5, 0.6) is 0 Å². The third kappa shape index (κ3) is 1.85. The Morgan fingerprint density at radius 1 is 1.22 bits per heavy atom. The summed E-state index contributed by atoms with van der Waals surface area (Å²) in [5.74, 6) is 0. The van der Waals surface area contributed by atoms with Crippen LogP contribution in [0.1, 0.15) is 16.8 Å². The van der Waals surface area contributed by atoms with Crippen LogP contribution in [-0.4, -0.2) is 14.3 Å². The molecule has 18 heavy (non-hydrogen) atoms. The molecule has 2 aromatic rings. The molecule has 0 N–H and O–H groups in total. The molecule has 5 heteroatoms. The first-order chi connectivity index (χ1) is 8.45. The molecule has 2 rings (SSSR count). The summed E-state index contributed by atoms with van der Waals surface area (Å²) in [4.78, 5) is 0. The van der Waals surface area contributed by atoms with Crippen molar-refractivity contribution in [2.75, 3.05) is 0 Å². The summed E-state index contributed by atoms with van der Waals surface area (Å²) in [6.07, 6.45) is 0. The van der Waals surface area contributed by atoms with Crippen LogP contribution in [0.15, 0.2) is 12.1 Å². The fourth-order valence-corrected chi connectivity index (χ4v) is 2.30. The smallest absolute Gasteiger partial charge is 0.138 e. The monoisotopic (exact) mass is 258 g/mol. The number of hydrogen-bond donors (Lipinski definition) is 0. The highest BCUT2D eigenvalue weighted by Gasteiger charge is 2.13. The summed E-state index contributed by atoms with van der Waals surface area (Å²) in [6, 6.07) is 5.95. The Kier molecular flexibility index (Phi) is 3.05. The lowest BCUT2D eigenvalue weighted by atomic mass is 10.1. The molecule has 0 aliphatic heterocycles. The Labute approximate surface area is 111 Å². The molecule has 2 heterocycles. The maximum atomic E-state index is 8.98. The van der Waals surface area contributed by atoms with Crippen LogP contribution in [-0.2, 0) is 14.1 Å². The Morgan fingerprint density at radius 2 is 1.89 bits per heavy atom. The predicted octanol–water partition coefficient (Wildman–Crippen LogP) is 2.64. The van der Waals surface area contributed by atoms with Crippen molar-refractivity contribution in [3.8, 4) is 17.5 Å². The van der Waals surface area contributed by atoms with Gasteiger partial charge in [0.25, 0.3) is 0 Å². The van der Waals surface area contributed by atoms with E-state index in [4.69, 9.17) is 17.5 Å². The van der Waals surface area contributed by atoms with Crippen LogP contribution in [0.4, 0.5) is 0 Å². The predicted molar refractivity (Wildman–Crippen MR) is 72.6 cm³/mol. The molecule has 0 saturated heterocycles. The van der Waals surface area contributed by atoms with Crippen molar-refractivity contribution in [3.05, 3.63) is 33.6 Å². The topological polar surface area (TPSA) is 46.5 Å². The lowest BCUT2D eigenvalue weighted by Gasteiger charge is -2.12. The molecule has 0 atom stereocenters. The largest absolute Gasteiger partial charge is 0.333 e. The summed E-state index contributed by atoms with van der Waals surface area (Å²) in [5.41, 5.74) is 4.45. The number of aryl methyl sites for hydroxylation is 3. The lowest BCUT2D eigenvalue weighted by molar-refractivity contribution is 0.753. The molecule has 0 unspecified atom stereocenters. The van der Waals surface area contributed by atoms with E-state index in [9.17, 15) is 0 Å². The molecule has 4 nitrogen and oxygen atoms in total. The molecule has 0 amide bonds. The van der Waals surface area contributed by atoms with Gasteiger partial charge in [-0.25, -0.2) is 0 Å². The third-order valence-electron chi connectivity index (χ3n) is 3.02. The second kappa shape index (κ2) is 4.39. The third-order valence-corrected chi connectivity index (χ3v) is 3.62. The first-order valence-corrected chi connectivity index (χ1v) is 5.98. The molecule has 0 aromatic carbocycles. The molecule has 2 aromatic heterocycles. The van der Waals surface area contributed by atoms with Crippen LogP contribution in [0, 0.1) is 29.8 Å². The summed E-state index contributed by atoms with van der Waals surface area (Å²) >= 11 is 5.37. The number of nitrogens with zero attached hydrogens (tertiary/aromatic N) is 4. The van der Waals surface area contributed by atoms with E-state index in [0.717, 1.165) is 27.2 Å². The average Bonchev–Trinajstić information content (AvgIpc) is 2.67. The van der Waals surface area contributed by atoms with E-state index in [1.165, 1.54) is 0 Å². The van der Waals surface area contributed by atoms with Crippen LogP contribution in [0.2, 0.25) is 0 Å². The fraction of sp³-hybridized carbons (Fsp3) is 0.308. The number of nitriles is 1. The Morgan fingerprint density at radius 3 is 2.44 bits per heavy atom. The molecular weight excluding hydrogens is 244 g/mol. The zero-order valence-corrected chi connectivity index (χ0v) is 11.7. The summed E-state index contributed by atoms with van der Waals surface area (Å²) in [7, 11) is 3.69. The molecule has 0 bridgehead atoms. The molecule has 0 aliphatic rings. The molecule has 0 fully saturated rings. The van der Waals surface area contributed by atoms with Crippen LogP contribution in [0.25, 0.3) is 11.4 Å². The van der Waals surface area contributed by atoms with E-state index >= 15 is 0 Å². The van der Waals surface area contributed by atoms with E-state index in [0.29, 0.717) is 5.69 Å². The number of hydrogen-bond acceptors (Lipinski definition) is 3. The van der Waals surface area contributed by atoms with Gasteiger partial charge in [0.2, 0.25) is 0 Å². The Bertz CT molecular complexity index is 716. The number of pyridine rings is 1. The van der Waals surface area contributed by atoms with E-state index < -0.39 is 0 Å². The van der Waals surface area contributed by atoms with Gasteiger partial charge in [0.05, 0.1) is 5.69 Å². The highest BCUT2D eigenvalue weighted by molar-refractivity contribution is 7.71. The summed E-state index contributed by atoms with van der Waals surface area (Å²) in [6.45, 7) is 4.02. The van der Waals surface area contributed by atoms with E-state index in [1.807, 2.05) is 25.5 Å². The normalized spacial score (nSPS) is 10.4. The van der Waals surface area contributed by atoms with Crippen molar-refractivity contribution in [2.24, 2.45) is 14.1 Å². The SMILES string of the molecule is Cc1cc(C)c(=S)n(C)c1-c1cc(C#N)n(C)n1. The summed E-state index contributed by atoms with van der Waals surface area (Å²) in [5, 5.41) is 13.3. The number of rotatable bonds is 1. The first-order valence-electron chi connectivity index (χ1n) is 5.57. The van der Waals surface area contributed by atoms with E-state index in [-0.39, 0.29) is 0 Å². The summed E-state index contributed by atoms with van der Waals surface area (Å²) < 4.78 is 4.32. The van der Waals surface area contributed by atoms with Crippen molar-refractivity contribution in [2.45, 2.75) is 13.8 Å². The van der Waals surface area contributed by atoms with Gasteiger partial charge in [-0.3, -0.25) is 4.68 Å². The molecule has 0 saturated carbocycles. The van der Waals surface area contributed by atoms with Crippen LogP contribution < -0.4 is 0 Å². The van der Waals surface area contributed by atoms with Gasteiger partial charge >= 0.3 is 0 Å². The average molecular weight is 258 g/mol. The van der Waals surface area contributed by atoms with Gasteiger partial charge in [-0.05, 0) is 25.0 Å². The molecular formula is C13H14N4S. The standard InChI is InChI=1S/C13H14N4S/c1-8-5-9(2)13(18)16(3)12(8)11-6-10(7-14)17(4)15-11/h5-6H,1-4H3. The zero-order chi connectivity index (χ0) is 13.4. The molecule has 0 aliphatic carbocycles. The second-order valence-corrected chi connectivity index (χ2v) is 4.76. The van der Waals surface area contributed by atoms with E-state index in [2.05, 4.69) is 17.2 Å². The van der Waals surface area contributed by atoms with Gasteiger partial charge < -0.3 is 4.57 Å². The fourth-order valence-electron chi connectivity index (χ4n) is 2.15. The van der Waals surface area contributed by atoms with Crippen molar-refractivity contribution < 1.29 is 0 Å². The van der Waals surface area contributed by atoms with Gasteiger partial charge in [0.15, 0.2) is 0 Å². The zero-order valence-electron chi connectivity index (χ0n) is 10.9. The van der Waals surface area contributed by atoms with Crippen LogP contribution >= 0.6 is 12.2 Å². The minimum Gasteiger partial charge on any atom is -0.333 e. The maximum absolute atomic E-state index is 8.98. The minimum atomic E-state index is 0.538. The minimum absolute atomic E-state index is 0.538. The lowest BCUT2D eigenvalue weighted by Crippen LogP contribution is -2.03. The quantitative estimate of drug-likeness (QED) is 0.739. The highest BCUT2D eigenvalue weighted by Crippen LogP contribution is 2.24. The van der Waals surface area contributed by atoms with Crippen molar-refractivity contribution in [1.82, 2.24) is 14.3 Å². The molecule has 0 spiro atoms. The number of aromatic nitrogens is 3. The van der Waals surface area contributed by atoms with Crippen molar-refractivity contribution in [3.63, 3.8) is 0 Å². The van der Waals surface area contributed by atoms with Gasteiger partial charge in [-0.2, -0.15) is 10.4 Å². The first kappa shape index (κ1) is 12.5. The Balaban J connectivity index is 2.76. The van der Waals surface area contributed by atoms with Gasteiger partial charge in [-0.1, -0.05) is 18.3 Å².